The van der Waals surface area contributed by atoms with Crippen LogP contribution in [0.4, 0.5) is 23.4 Å². The van der Waals surface area contributed by atoms with E-state index >= 15 is 0 Å². The van der Waals surface area contributed by atoms with Gasteiger partial charge in [0.25, 0.3) is 5.56 Å². The minimum Gasteiger partial charge on any atom is -0.309 e. The Bertz CT molecular complexity index is 1670. The number of carbonyl (C=O) groups is 1. The van der Waals surface area contributed by atoms with E-state index in [2.05, 4.69) is 25.4 Å². The Balaban J connectivity index is 1.67. The first-order valence-electron chi connectivity index (χ1n) is 10.4. The lowest BCUT2D eigenvalue weighted by Gasteiger charge is -2.12. The number of halogens is 4. The van der Waals surface area contributed by atoms with Crippen molar-refractivity contribution in [3.05, 3.63) is 82.4 Å². The first kappa shape index (κ1) is 23.1. The van der Waals surface area contributed by atoms with E-state index in [4.69, 9.17) is 0 Å². The van der Waals surface area contributed by atoms with Crippen molar-refractivity contribution in [2.45, 2.75) is 19.6 Å². The van der Waals surface area contributed by atoms with Gasteiger partial charge in [0, 0.05) is 23.5 Å². The van der Waals surface area contributed by atoms with Crippen LogP contribution in [0.2, 0.25) is 0 Å². The number of aromatic nitrogens is 6. The highest BCUT2D eigenvalue weighted by molar-refractivity contribution is 5.90. The zero-order valence-corrected chi connectivity index (χ0v) is 18.4. The fraction of sp³-hybridized carbons (Fsp3) is 0.130. The van der Waals surface area contributed by atoms with E-state index in [1.54, 1.807) is 19.1 Å². The molecule has 0 aliphatic heterocycles. The van der Waals surface area contributed by atoms with Crippen LogP contribution >= 0.6 is 0 Å². The summed E-state index contributed by atoms with van der Waals surface area (Å²) >= 11 is 0. The normalized spacial score (nSPS) is 11.8. The molecule has 182 valence electrons. The average molecular weight is 497 g/mol. The van der Waals surface area contributed by atoms with Gasteiger partial charge in [0.05, 0.1) is 17.3 Å². The third kappa shape index (κ3) is 4.26. The molecule has 0 radical (unpaired) electrons. The quantitative estimate of drug-likeness (QED) is 0.380. The molecule has 36 heavy (non-hydrogen) atoms. The fourth-order valence-corrected chi connectivity index (χ4v) is 3.59. The van der Waals surface area contributed by atoms with Gasteiger partial charge in [-0.1, -0.05) is 0 Å². The van der Waals surface area contributed by atoms with Gasteiger partial charge in [0.15, 0.2) is 5.65 Å². The molecular weight excluding hydrogens is 482 g/mol. The van der Waals surface area contributed by atoms with Crippen LogP contribution < -0.4 is 10.9 Å². The molecule has 0 atom stereocenters. The Hall–Kier alpha value is -4.68. The summed E-state index contributed by atoms with van der Waals surface area (Å²) in [5.74, 6) is -1.21. The molecule has 5 rings (SSSR count). The molecule has 13 heteroatoms. The van der Waals surface area contributed by atoms with Crippen molar-refractivity contribution in [2.75, 3.05) is 5.32 Å². The molecule has 5 aromatic heterocycles. The van der Waals surface area contributed by atoms with Crippen LogP contribution in [0.25, 0.3) is 27.9 Å². The maximum Gasteiger partial charge on any atom is 0.433 e. The fourth-order valence-electron chi connectivity index (χ4n) is 3.59. The molecule has 1 N–H and O–H groups in total. The van der Waals surface area contributed by atoms with Gasteiger partial charge in [-0.05, 0) is 43.3 Å². The molecule has 0 aliphatic rings. The highest BCUT2D eigenvalue weighted by atomic mass is 19.4. The standard InChI is InChI=1S/C23H15F4N7O2/c1-12-2-3-13(9-28-12)16-8-20-33(11-19(35)31-18-7-4-14(24)10-29-18)22(36)15-5-6-17(23(25,26)27)30-21(15)34(20)32-16/h2-10H,11H2,1H3,(H,29,31,35). The van der Waals surface area contributed by atoms with E-state index < -0.39 is 35.7 Å². The predicted molar refractivity (Wildman–Crippen MR) is 121 cm³/mol. The first-order valence-corrected chi connectivity index (χ1v) is 10.4. The minimum absolute atomic E-state index is 0.0390. The monoisotopic (exact) mass is 497 g/mol. The zero-order chi connectivity index (χ0) is 25.6. The predicted octanol–water partition coefficient (Wildman–Crippen LogP) is 3.61. The average Bonchev–Trinajstić information content (AvgIpc) is 3.28. The molecule has 0 aliphatic carbocycles. The maximum absolute atomic E-state index is 13.3. The van der Waals surface area contributed by atoms with Gasteiger partial charge < -0.3 is 5.32 Å². The summed E-state index contributed by atoms with van der Waals surface area (Å²) in [6.07, 6.45) is -2.30. The molecule has 1 amide bonds. The lowest BCUT2D eigenvalue weighted by Crippen LogP contribution is -2.30. The third-order valence-corrected chi connectivity index (χ3v) is 5.31. The molecule has 0 aromatic carbocycles. The van der Waals surface area contributed by atoms with E-state index in [1.807, 2.05) is 0 Å². The van der Waals surface area contributed by atoms with Crippen LogP contribution in [-0.2, 0) is 17.5 Å². The number of hydrogen-bond donors (Lipinski definition) is 1. The minimum atomic E-state index is -4.74. The first-order chi connectivity index (χ1) is 17.1. The molecule has 0 fully saturated rings. The number of amides is 1. The molecule has 0 bridgehead atoms. The Morgan fingerprint density at radius 1 is 1.06 bits per heavy atom. The van der Waals surface area contributed by atoms with Crippen LogP contribution in [0.15, 0.2) is 59.7 Å². The second kappa shape index (κ2) is 8.52. The molecule has 9 nitrogen and oxygen atoms in total. The summed E-state index contributed by atoms with van der Waals surface area (Å²) in [6.45, 7) is 1.27. The van der Waals surface area contributed by atoms with Gasteiger partial charge in [-0.25, -0.2) is 14.4 Å². The highest BCUT2D eigenvalue weighted by Crippen LogP contribution is 2.29. The van der Waals surface area contributed by atoms with Crippen LogP contribution in [0.5, 0.6) is 0 Å². The molecule has 0 saturated carbocycles. The number of fused-ring (bicyclic) bond motifs is 3. The maximum atomic E-state index is 13.3. The van der Waals surface area contributed by atoms with E-state index in [1.165, 1.54) is 18.3 Å². The van der Waals surface area contributed by atoms with Crippen molar-refractivity contribution in [3.8, 4) is 11.3 Å². The molecule has 0 spiro atoms. The lowest BCUT2D eigenvalue weighted by molar-refractivity contribution is -0.141. The van der Waals surface area contributed by atoms with E-state index in [-0.39, 0.29) is 22.5 Å². The number of pyridine rings is 3. The van der Waals surface area contributed by atoms with Gasteiger partial charge in [-0.3, -0.25) is 19.1 Å². The smallest absolute Gasteiger partial charge is 0.309 e. The zero-order valence-electron chi connectivity index (χ0n) is 18.4. The Morgan fingerprint density at radius 2 is 1.86 bits per heavy atom. The highest BCUT2D eigenvalue weighted by Gasteiger charge is 2.33. The van der Waals surface area contributed by atoms with Crippen molar-refractivity contribution >= 4 is 28.4 Å². The number of alkyl halides is 3. The van der Waals surface area contributed by atoms with Gasteiger partial charge in [-0.2, -0.15) is 22.8 Å². The van der Waals surface area contributed by atoms with Crippen molar-refractivity contribution in [1.82, 2.24) is 29.1 Å². The van der Waals surface area contributed by atoms with Crippen LogP contribution in [0.1, 0.15) is 11.4 Å². The molecular formula is C23H15F4N7O2. The topological polar surface area (TPSA) is 107 Å². The van der Waals surface area contributed by atoms with Crippen LogP contribution in [0, 0.1) is 12.7 Å². The molecule has 5 aromatic rings. The van der Waals surface area contributed by atoms with E-state index in [9.17, 15) is 27.2 Å². The second-order valence-electron chi connectivity index (χ2n) is 7.85. The summed E-state index contributed by atoms with van der Waals surface area (Å²) in [4.78, 5) is 37.6. The summed E-state index contributed by atoms with van der Waals surface area (Å²) in [5.41, 5.74) is -0.610. The van der Waals surface area contributed by atoms with Crippen molar-refractivity contribution in [3.63, 3.8) is 0 Å². The van der Waals surface area contributed by atoms with Gasteiger partial charge >= 0.3 is 6.18 Å². The van der Waals surface area contributed by atoms with E-state index in [0.717, 1.165) is 33.1 Å². The van der Waals surface area contributed by atoms with Gasteiger partial charge in [0.1, 0.15) is 29.5 Å². The second-order valence-corrected chi connectivity index (χ2v) is 7.85. The van der Waals surface area contributed by atoms with Crippen LogP contribution in [0.3, 0.4) is 0 Å². The molecule has 0 saturated heterocycles. The largest absolute Gasteiger partial charge is 0.433 e. The number of hydrogen-bond acceptors (Lipinski definition) is 6. The summed E-state index contributed by atoms with van der Waals surface area (Å²) in [6, 6.07) is 8.94. The molecule has 5 heterocycles. The SMILES string of the molecule is Cc1ccc(-c2cc3n(CC(=O)Nc4ccc(F)cn4)c(=O)c4ccc(C(F)(F)F)nc4n3n2)cn1. The van der Waals surface area contributed by atoms with Crippen molar-refractivity contribution in [2.24, 2.45) is 0 Å². The number of aryl methyl sites for hydroxylation is 1. The van der Waals surface area contributed by atoms with Crippen molar-refractivity contribution in [1.29, 1.82) is 0 Å². The lowest BCUT2D eigenvalue weighted by atomic mass is 10.2. The summed E-state index contributed by atoms with van der Waals surface area (Å²) in [7, 11) is 0. The number of rotatable bonds is 4. The Labute approximate surface area is 199 Å². The third-order valence-electron chi connectivity index (χ3n) is 5.31. The van der Waals surface area contributed by atoms with Crippen LogP contribution in [-0.4, -0.2) is 35.0 Å². The van der Waals surface area contributed by atoms with E-state index in [0.29, 0.717) is 17.3 Å². The summed E-state index contributed by atoms with van der Waals surface area (Å²) in [5, 5.41) is 6.65. The Morgan fingerprint density at radius 3 is 2.53 bits per heavy atom. The number of carbonyl (C=O) groups excluding carboxylic acids is 1. The molecule has 0 unspecified atom stereocenters. The summed E-state index contributed by atoms with van der Waals surface area (Å²) < 4.78 is 55.3. The Kier molecular flexibility index (Phi) is 5.46. The number of nitrogens with one attached hydrogen (secondary N) is 1. The van der Waals surface area contributed by atoms with Gasteiger partial charge in [0.2, 0.25) is 5.91 Å². The van der Waals surface area contributed by atoms with Crippen molar-refractivity contribution < 1.29 is 22.4 Å². The number of anilines is 1. The van der Waals surface area contributed by atoms with Gasteiger partial charge in [-0.15, -0.1) is 0 Å². The number of nitrogens with zero attached hydrogens (tertiary/aromatic N) is 6.